The van der Waals surface area contributed by atoms with Gasteiger partial charge in [0, 0.05) is 21.9 Å². The van der Waals surface area contributed by atoms with E-state index in [0.717, 1.165) is 20.5 Å². The van der Waals surface area contributed by atoms with Gasteiger partial charge < -0.3 is 4.74 Å². The number of esters is 1. The fourth-order valence-electron chi connectivity index (χ4n) is 4.02. The van der Waals surface area contributed by atoms with Crippen LogP contribution in [0.3, 0.4) is 0 Å². The average molecular weight is 428 g/mol. The Labute approximate surface area is 165 Å². The van der Waals surface area contributed by atoms with E-state index in [1.54, 1.807) is 24.3 Å². The molecule has 1 saturated heterocycles. The second-order valence-electron chi connectivity index (χ2n) is 6.97. The number of halogens is 1. The number of hydrogen-bond donors (Lipinski definition) is 0. The summed E-state index contributed by atoms with van der Waals surface area (Å²) >= 11 is 3.43. The molecule has 0 bridgehead atoms. The third-order valence-corrected chi connectivity index (χ3v) is 5.84. The molecule has 2 aliphatic rings. The molecular formula is C21H18BrNO4. The molecular weight excluding hydrogens is 410 g/mol. The van der Waals surface area contributed by atoms with Gasteiger partial charge in [-0.15, -0.1) is 0 Å². The molecule has 0 saturated carbocycles. The lowest BCUT2D eigenvalue weighted by molar-refractivity contribution is -0.151. The number of hydrogen-bond acceptors (Lipinski definition) is 4. The standard InChI is InChI=1S/C21H18BrNO4/c1-3-14-17-15-10-12(22)6-9-16(15)27-21(26)18(17)20(25)23(19(14)24)13-7-4-11(2)5-8-13/h4-10,14,17-18H,3H2,1-2H3/t14-,17+,18+/m0/s1. The number of imide groups is 1. The van der Waals surface area contributed by atoms with Gasteiger partial charge in [0.15, 0.2) is 0 Å². The lowest BCUT2D eigenvalue weighted by Gasteiger charge is -2.43. The van der Waals surface area contributed by atoms with Gasteiger partial charge in [-0.25, -0.2) is 4.90 Å². The molecule has 6 heteroatoms. The van der Waals surface area contributed by atoms with Crippen LogP contribution in [-0.4, -0.2) is 17.8 Å². The highest BCUT2D eigenvalue weighted by Crippen LogP contribution is 2.48. The molecule has 0 N–H and O–H groups in total. The Kier molecular flexibility index (Phi) is 4.38. The third kappa shape index (κ3) is 2.79. The van der Waals surface area contributed by atoms with Crippen molar-refractivity contribution in [2.24, 2.45) is 11.8 Å². The minimum Gasteiger partial charge on any atom is -0.426 e. The molecule has 2 heterocycles. The predicted molar refractivity (Wildman–Crippen MR) is 103 cm³/mol. The molecule has 2 aromatic rings. The molecule has 2 aliphatic heterocycles. The molecule has 0 aromatic heterocycles. The average Bonchev–Trinajstić information content (AvgIpc) is 2.64. The van der Waals surface area contributed by atoms with E-state index in [1.165, 1.54) is 0 Å². The van der Waals surface area contributed by atoms with Crippen LogP contribution >= 0.6 is 15.9 Å². The first-order chi connectivity index (χ1) is 12.9. The van der Waals surface area contributed by atoms with Gasteiger partial charge in [-0.1, -0.05) is 40.5 Å². The van der Waals surface area contributed by atoms with Gasteiger partial charge in [-0.2, -0.15) is 0 Å². The fourth-order valence-corrected chi connectivity index (χ4v) is 4.40. The van der Waals surface area contributed by atoms with Crippen LogP contribution in [0.2, 0.25) is 0 Å². The van der Waals surface area contributed by atoms with Crippen molar-refractivity contribution in [3.8, 4) is 5.75 Å². The maximum absolute atomic E-state index is 13.2. The smallest absolute Gasteiger partial charge is 0.324 e. The number of rotatable bonds is 2. The van der Waals surface area contributed by atoms with Crippen molar-refractivity contribution in [3.63, 3.8) is 0 Å². The van der Waals surface area contributed by atoms with E-state index in [1.807, 2.05) is 32.0 Å². The van der Waals surface area contributed by atoms with E-state index < -0.39 is 29.6 Å². The highest BCUT2D eigenvalue weighted by molar-refractivity contribution is 9.10. The van der Waals surface area contributed by atoms with Crippen molar-refractivity contribution in [3.05, 3.63) is 58.1 Å². The predicted octanol–water partition coefficient (Wildman–Crippen LogP) is 3.98. The zero-order chi connectivity index (χ0) is 19.3. The minimum absolute atomic E-state index is 0.270. The number of nitrogens with zero attached hydrogens (tertiary/aromatic N) is 1. The number of piperidine rings is 1. The van der Waals surface area contributed by atoms with E-state index in [4.69, 9.17) is 4.74 Å². The number of fused-ring (bicyclic) bond motifs is 3. The van der Waals surface area contributed by atoms with Crippen LogP contribution in [0.15, 0.2) is 46.9 Å². The molecule has 2 aromatic carbocycles. The van der Waals surface area contributed by atoms with Crippen molar-refractivity contribution in [2.45, 2.75) is 26.2 Å². The molecule has 27 heavy (non-hydrogen) atoms. The van der Waals surface area contributed by atoms with Gasteiger partial charge in [0.1, 0.15) is 11.7 Å². The summed E-state index contributed by atoms with van der Waals surface area (Å²) in [4.78, 5) is 40.3. The largest absolute Gasteiger partial charge is 0.426 e. The summed E-state index contributed by atoms with van der Waals surface area (Å²) in [5, 5.41) is 0. The number of carbonyl (C=O) groups is 3. The number of amides is 2. The Bertz CT molecular complexity index is 953. The Hall–Kier alpha value is -2.47. The Morgan fingerprint density at radius 3 is 2.41 bits per heavy atom. The maximum Gasteiger partial charge on any atom is 0.324 e. The topological polar surface area (TPSA) is 63.7 Å². The lowest BCUT2D eigenvalue weighted by Crippen LogP contribution is -2.57. The fraction of sp³-hybridized carbons (Fsp3) is 0.286. The van der Waals surface area contributed by atoms with Crippen LogP contribution in [0.5, 0.6) is 5.75 Å². The molecule has 2 amide bonds. The first-order valence-electron chi connectivity index (χ1n) is 8.88. The Morgan fingerprint density at radius 2 is 1.74 bits per heavy atom. The van der Waals surface area contributed by atoms with Crippen molar-refractivity contribution in [1.82, 2.24) is 0 Å². The van der Waals surface area contributed by atoms with Crippen molar-refractivity contribution in [2.75, 3.05) is 4.90 Å². The molecule has 0 unspecified atom stereocenters. The van der Waals surface area contributed by atoms with E-state index in [9.17, 15) is 14.4 Å². The number of anilines is 1. The Morgan fingerprint density at radius 1 is 1.04 bits per heavy atom. The van der Waals surface area contributed by atoms with Gasteiger partial charge in [0.25, 0.3) is 0 Å². The molecule has 4 rings (SSSR count). The van der Waals surface area contributed by atoms with Crippen LogP contribution in [0.25, 0.3) is 0 Å². The second kappa shape index (κ2) is 6.60. The number of benzene rings is 2. The summed E-state index contributed by atoms with van der Waals surface area (Å²) in [5.74, 6) is -2.96. The molecule has 0 radical (unpaired) electrons. The van der Waals surface area contributed by atoms with E-state index in [0.29, 0.717) is 17.9 Å². The highest BCUT2D eigenvalue weighted by Gasteiger charge is 2.55. The van der Waals surface area contributed by atoms with Crippen molar-refractivity contribution < 1.29 is 19.1 Å². The van der Waals surface area contributed by atoms with Crippen LogP contribution in [0.1, 0.15) is 30.4 Å². The van der Waals surface area contributed by atoms with E-state index >= 15 is 0 Å². The van der Waals surface area contributed by atoms with Gasteiger partial charge >= 0.3 is 5.97 Å². The second-order valence-corrected chi connectivity index (χ2v) is 7.88. The molecule has 5 nitrogen and oxygen atoms in total. The molecule has 0 aliphatic carbocycles. The van der Waals surface area contributed by atoms with Gasteiger partial charge in [-0.05, 0) is 43.7 Å². The van der Waals surface area contributed by atoms with E-state index in [2.05, 4.69) is 15.9 Å². The van der Waals surface area contributed by atoms with Crippen molar-refractivity contribution in [1.29, 1.82) is 0 Å². The number of ether oxygens (including phenoxy) is 1. The first-order valence-corrected chi connectivity index (χ1v) is 9.67. The summed E-state index contributed by atoms with van der Waals surface area (Å²) in [7, 11) is 0. The van der Waals surface area contributed by atoms with Crippen LogP contribution < -0.4 is 9.64 Å². The lowest BCUT2D eigenvalue weighted by atomic mass is 9.70. The van der Waals surface area contributed by atoms with Crippen molar-refractivity contribution >= 4 is 39.4 Å². The highest BCUT2D eigenvalue weighted by atomic mass is 79.9. The molecule has 0 spiro atoms. The summed E-state index contributed by atoms with van der Waals surface area (Å²) in [6.45, 7) is 3.84. The molecule has 138 valence electrons. The molecule has 1 fully saturated rings. The summed E-state index contributed by atoms with van der Waals surface area (Å²) in [6.07, 6.45) is 0.523. The first kappa shape index (κ1) is 17.9. The van der Waals surface area contributed by atoms with Gasteiger partial charge in [0.05, 0.1) is 5.69 Å². The Balaban J connectivity index is 1.85. The third-order valence-electron chi connectivity index (χ3n) is 5.34. The zero-order valence-electron chi connectivity index (χ0n) is 14.9. The van der Waals surface area contributed by atoms with Crippen LogP contribution in [0, 0.1) is 18.8 Å². The van der Waals surface area contributed by atoms with Crippen LogP contribution in [-0.2, 0) is 14.4 Å². The minimum atomic E-state index is -1.02. The number of carbonyl (C=O) groups excluding carboxylic acids is 3. The summed E-state index contributed by atoms with van der Waals surface area (Å²) < 4.78 is 6.25. The monoisotopic (exact) mass is 427 g/mol. The van der Waals surface area contributed by atoms with Gasteiger partial charge in [0.2, 0.25) is 11.8 Å². The summed E-state index contributed by atoms with van der Waals surface area (Å²) in [5.41, 5.74) is 2.24. The van der Waals surface area contributed by atoms with E-state index in [-0.39, 0.29) is 5.91 Å². The molecule has 3 atom stereocenters. The number of aryl methyl sites for hydroxylation is 1. The normalized spacial score (nSPS) is 24.3. The maximum atomic E-state index is 13.2. The zero-order valence-corrected chi connectivity index (χ0v) is 16.5. The van der Waals surface area contributed by atoms with Gasteiger partial charge in [-0.3, -0.25) is 14.4 Å². The van der Waals surface area contributed by atoms with Crippen LogP contribution in [0.4, 0.5) is 5.69 Å². The SMILES string of the molecule is CC[C@@H]1C(=O)N(c2ccc(C)cc2)C(=O)[C@@H]2C(=O)Oc3ccc(Br)cc3[C@H]21. The quantitative estimate of drug-likeness (QED) is 0.314. The summed E-state index contributed by atoms with van der Waals surface area (Å²) in [6, 6.07) is 12.5.